The molecule has 1 aliphatic rings. The van der Waals surface area contributed by atoms with Gasteiger partial charge in [-0.2, -0.15) is 0 Å². The molecule has 3 heteroatoms. The fourth-order valence-corrected chi connectivity index (χ4v) is 11.0. The van der Waals surface area contributed by atoms with Gasteiger partial charge < -0.3 is 13.9 Å². The average molecular weight is 845 g/mol. The van der Waals surface area contributed by atoms with E-state index in [1.807, 2.05) is 6.07 Å². The molecule has 0 fully saturated rings. The lowest BCUT2D eigenvalue weighted by molar-refractivity contribution is 0.660. The summed E-state index contributed by atoms with van der Waals surface area (Å²) in [6, 6.07) is 83.9. The SMILES string of the molecule is CC1(C)c2ccccc2-c2ccc(N(c3ccc4c5ccccc5n(-c5ccccc5-c5ccccc5-c5ccccc5)c4c3)c3ccccc3-c3cccc4c3oc3ccccc34)cc21. The van der Waals surface area contributed by atoms with Crippen molar-refractivity contribution in [2.24, 2.45) is 0 Å². The minimum absolute atomic E-state index is 0.177. The van der Waals surface area contributed by atoms with Crippen LogP contribution in [0.3, 0.4) is 0 Å². The van der Waals surface area contributed by atoms with Crippen molar-refractivity contribution in [3.8, 4) is 50.2 Å². The molecule has 1 aliphatic carbocycles. The normalized spacial score (nSPS) is 12.8. The highest BCUT2D eigenvalue weighted by molar-refractivity contribution is 6.13. The number of fused-ring (bicyclic) bond motifs is 9. The first-order valence-corrected chi connectivity index (χ1v) is 22.8. The second kappa shape index (κ2) is 14.8. The Kier molecular flexibility index (Phi) is 8.56. The van der Waals surface area contributed by atoms with Gasteiger partial charge in [-0.05, 0) is 87.5 Å². The first kappa shape index (κ1) is 38.1. The molecule has 0 spiro atoms. The number of aromatic nitrogens is 1. The number of furan rings is 1. The first-order valence-electron chi connectivity index (χ1n) is 22.8. The van der Waals surface area contributed by atoms with E-state index >= 15 is 0 Å². The lowest BCUT2D eigenvalue weighted by atomic mass is 9.82. The van der Waals surface area contributed by atoms with Gasteiger partial charge in [-0.3, -0.25) is 0 Å². The summed E-state index contributed by atoms with van der Waals surface area (Å²) in [5, 5.41) is 4.64. The van der Waals surface area contributed by atoms with Gasteiger partial charge in [-0.1, -0.05) is 196 Å². The van der Waals surface area contributed by atoms with E-state index in [0.29, 0.717) is 0 Å². The summed E-state index contributed by atoms with van der Waals surface area (Å²) in [4.78, 5) is 2.47. The summed E-state index contributed by atoms with van der Waals surface area (Å²) in [5.41, 5.74) is 20.4. The van der Waals surface area contributed by atoms with Crippen molar-refractivity contribution < 1.29 is 4.42 Å². The molecule has 0 unspecified atom stereocenters. The van der Waals surface area contributed by atoms with E-state index in [0.717, 1.165) is 66.8 Å². The molecule has 13 rings (SSSR count). The third-order valence-electron chi connectivity index (χ3n) is 14.0. The molecule has 3 nitrogen and oxygen atoms in total. The smallest absolute Gasteiger partial charge is 0.143 e. The Bertz CT molecular complexity index is 3870. The number of nitrogens with zero attached hydrogens (tertiary/aromatic N) is 2. The van der Waals surface area contributed by atoms with Gasteiger partial charge in [0.15, 0.2) is 0 Å². The Morgan fingerprint density at radius 2 is 0.970 bits per heavy atom. The number of hydrogen-bond donors (Lipinski definition) is 0. The highest BCUT2D eigenvalue weighted by atomic mass is 16.3. The number of rotatable bonds is 7. The van der Waals surface area contributed by atoms with Gasteiger partial charge >= 0.3 is 0 Å². The van der Waals surface area contributed by atoms with E-state index in [9.17, 15) is 0 Å². The third kappa shape index (κ3) is 5.76. The Hall–Kier alpha value is -8.40. The summed E-state index contributed by atoms with van der Waals surface area (Å²) in [7, 11) is 0. The molecule has 10 aromatic carbocycles. The maximum atomic E-state index is 6.73. The molecule has 0 saturated heterocycles. The Morgan fingerprint density at radius 3 is 1.83 bits per heavy atom. The first-order chi connectivity index (χ1) is 32.5. The van der Waals surface area contributed by atoms with Crippen LogP contribution in [0.4, 0.5) is 17.1 Å². The van der Waals surface area contributed by atoms with Gasteiger partial charge in [-0.15, -0.1) is 0 Å². The lowest BCUT2D eigenvalue weighted by Gasteiger charge is -2.30. The maximum Gasteiger partial charge on any atom is 0.143 e. The number of benzene rings is 10. The monoisotopic (exact) mass is 844 g/mol. The van der Waals surface area contributed by atoms with Crippen LogP contribution in [-0.4, -0.2) is 4.57 Å². The summed E-state index contributed by atoms with van der Waals surface area (Å²) < 4.78 is 9.21. The van der Waals surface area contributed by atoms with E-state index in [4.69, 9.17) is 4.42 Å². The molecular weight excluding hydrogens is 801 g/mol. The van der Waals surface area contributed by atoms with Crippen LogP contribution < -0.4 is 4.90 Å². The number of para-hydroxylation sites is 5. The molecule has 312 valence electrons. The van der Waals surface area contributed by atoms with Crippen molar-refractivity contribution >= 4 is 60.8 Å². The lowest BCUT2D eigenvalue weighted by Crippen LogP contribution is -2.17. The molecule has 0 saturated carbocycles. The maximum absolute atomic E-state index is 6.73. The Labute approximate surface area is 384 Å². The Balaban J connectivity index is 1.07. The second-order valence-electron chi connectivity index (χ2n) is 18.0. The second-order valence-corrected chi connectivity index (χ2v) is 18.0. The predicted octanol–water partition coefficient (Wildman–Crippen LogP) is 17.5. The molecule has 0 radical (unpaired) electrons. The topological polar surface area (TPSA) is 21.3 Å². The summed E-state index contributed by atoms with van der Waals surface area (Å²) in [6.07, 6.45) is 0. The Morgan fingerprint density at radius 1 is 0.379 bits per heavy atom. The molecule has 0 N–H and O–H groups in total. The number of anilines is 3. The van der Waals surface area contributed by atoms with Crippen LogP contribution in [0.2, 0.25) is 0 Å². The molecule has 2 heterocycles. The van der Waals surface area contributed by atoms with E-state index < -0.39 is 0 Å². The zero-order valence-corrected chi connectivity index (χ0v) is 36.7. The van der Waals surface area contributed by atoms with Gasteiger partial charge in [0.05, 0.1) is 22.4 Å². The van der Waals surface area contributed by atoms with E-state index in [2.05, 4.69) is 248 Å². The summed E-state index contributed by atoms with van der Waals surface area (Å²) >= 11 is 0. The largest absolute Gasteiger partial charge is 0.455 e. The fraction of sp³-hybridized carbons (Fsp3) is 0.0476. The van der Waals surface area contributed by atoms with Crippen LogP contribution >= 0.6 is 0 Å². The van der Waals surface area contributed by atoms with Crippen molar-refractivity contribution in [1.82, 2.24) is 4.57 Å². The van der Waals surface area contributed by atoms with Gasteiger partial charge in [-0.25, -0.2) is 0 Å². The highest BCUT2D eigenvalue weighted by Gasteiger charge is 2.36. The van der Waals surface area contributed by atoms with Crippen molar-refractivity contribution in [3.05, 3.63) is 242 Å². The molecule has 0 aliphatic heterocycles. The van der Waals surface area contributed by atoms with Crippen LogP contribution in [0.1, 0.15) is 25.0 Å². The number of hydrogen-bond acceptors (Lipinski definition) is 2. The van der Waals surface area contributed by atoms with E-state index in [1.165, 1.54) is 55.3 Å². The predicted molar refractivity (Wildman–Crippen MR) is 277 cm³/mol. The minimum atomic E-state index is -0.177. The van der Waals surface area contributed by atoms with Gasteiger partial charge in [0.2, 0.25) is 0 Å². The van der Waals surface area contributed by atoms with Crippen LogP contribution in [0.15, 0.2) is 235 Å². The molecule has 2 aromatic heterocycles. The van der Waals surface area contributed by atoms with Crippen LogP contribution in [0.25, 0.3) is 93.9 Å². The fourth-order valence-electron chi connectivity index (χ4n) is 11.0. The zero-order chi connectivity index (χ0) is 43.9. The van der Waals surface area contributed by atoms with Gasteiger partial charge in [0, 0.05) is 55.0 Å². The van der Waals surface area contributed by atoms with Gasteiger partial charge in [0.1, 0.15) is 11.2 Å². The van der Waals surface area contributed by atoms with Crippen molar-refractivity contribution in [2.45, 2.75) is 19.3 Å². The standard InChI is InChI=1S/C63H44N2O/c1-63(2)55-30-13-8-23-46(55)47-37-35-42(39-56(47)63)64(57-31-14-11-26-50(57)53-28-18-29-54-52-27-12-17-34-61(52)66-62(53)54)43-36-38-51-49-25-10-16-33-59(49)65(60(51)40-43)58-32-15-9-24-48(58)45-22-7-6-21-44(45)41-19-4-3-5-20-41/h3-40H,1-2H3. The molecule has 0 amide bonds. The zero-order valence-electron chi connectivity index (χ0n) is 36.7. The van der Waals surface area contributed by atoms with Crippen LogP contribution in [-0.2, 0) is 5.41 Å². The quantitative estimate of drug-likeness (QED) is 0.159. The average Bonchev–Trinajstić information content (AvgIpc) is 4.00. The van der Waals surface area contributed by atoms with E-state index in [-0.39, 0.29) is 5.41 Å². The van der Waals surface area contributed by atoms with Gasteiger partial charge in [0.25, 0.3) is 0 Å². The molecule has 12 aromatic rings. The van der Waals surface area contributed by atoms with Crippen molar-refractivity contribution in [3.63, 3.8) is 0 Å². The van der Waals surface area contributed by atoms with Crippen LogP contribution in [0.5, 0.6) is 0 Å². The molecule has 66 heavy (non-hydrogen) atoms. The highest BCUT2D eigenvalue weighted by Crippen LogP contribution is 2.52. The molecule has 0 bridgehead atoms. The molecular formula is C63H44N2O. The minimum Gasteiger partial charge on any atom is -0.455 e. The summed E-state index contributed by atoms with van der Waals surface area (Å²) in [6.45, 7) is 4.72. The van der Waals surface area contributed by atoms with Crippen LogP contribution in [0, 0.1) is 0 Å². The third-order valence-corrected chi connectivity index (χ3v) is 14.0. The van der Waals surface area contributed by atoms with E-state index in [1.54, 1.807) is 0 Å². The van der Waals surface area contributed by atoms with Crippen molar-refractivity contribution in [2.75, 3.05) is 4.90 Å². The van der Waals surface area contributed by atoms with Crippen molar-refractivity contribution in [1.29, 1.82) is 0 Å². The molecule has 0 atom stereocenters. The summed E-state index contributed by atoms with van der Waals surface area (Å²) in [5.74, 6) is 0.